The van der Waals surface area contributed by atoms with Crippen molar-refractivity contribution < 1.29 is 51.2 Å². The van der Waals surface area contributed by atoms with Crippen LogP contribution in [-0.4, -0.2) is 98.1 Å². The maximum atomic E-state index is 13.6. The zero-order chi connectivity index (χ0) is 39.4. The summed E-state index contributed by atoms with van der Waals surface area (Å²) in [4.78, 5) is 39.3. The van der Waals surface area contributed by atoms with Gasteiger partial charge in [-0.15, -0.1) is 0 Å². The lowest BCUT2D eigenvalue weighted by Gasteiger charge is -2.26. The highest BCUT2D eigenvalue weighted by Gasteiger charge is 2.30. The lowest BCUT2D eigenvalue weighted by molar-refractivity contribution is -0.140. The Morgan fingerprint density at radius 3 is 2.23 bits per heavy atom. The third kappa shape index (κ3) is 14.1. The Labute approximate surface area is 307 Å². The number of aromatic nitrogens is 1. The first-order chi connectivity index (χ1) is 24.8. The third-order valence-corrected chi connectivity index (χ3v) is 6.95. The normalized spacial score (nSPS) is 11.7. The Kier molecular flexibility index (Phi) is 14.8. The molecular formula is C37H48F3N5O8. The molecule has 0 aliphatic heterocycles. The van der Waals surface area contributed by atoms with Gasteiger partial charge in [0.25, 0.3) is 5.91 Å². The van der Waals surface area contributed by atoms with E-state index < -0.39 is 42.0 Å². The highest BCUT2D eigenvalue weighted by Crippen LogP contribution is 2.29. The average Bonchev–Trinajstić information content (AvgIpc) is 3.38. The second kappa shape index (κ2) is 18.6. The molecule has 13 nitrogen and oxygen atoms in total. The summed E-state index contributed by atoms with van der Waals surface area (Å²) in [6, 6.07) is 10.8. The number of methoxy groups -OCH3 is 1. The standard InChI is InChI=1S/C37H48F3N5O8/c1-35(2,3)52-33(47)43-16-18-50-20-21-51-19-17-44(34(48)53-36(4,5)6)32(46)25-13-14-29(31(22-25)49-7)42-15-9-10-26-23-27-28(41)11-8-12-30(27)45(26)24-37(38,39)40/h8,11-14,22-23,42H,15-21,24,41H2,1-7H3,(H,43,47). The summed E-state index contributed by atoms with van der Waals surface area (Å²) in [6.45, 7) is 9.84. The molecule has 2 aromatic carbocycles. The largest absolute Gasteiger partial charge is 0.495 e. The fourth-order valence-electron chi connectivity index (χ4n) is 4.77. The van der Waals surface area contributed by atoms with E-state index in [-0.39, 0.29) is 63.1 Å². The second-order valence-corrected chi connectivity index (χ2v) is 13.7. The molecule has 0 fully saturated rings. The van der Waals surface area contributed by atoms with Crippen LogP contribution in [0.2, 0.25) is 0 Å². The van der Waals surface area contributed by atoms with Crippen molar-refractivity contribution in [3.05, 3.63) is 53.7 Å². The highest BCUT2D eigenvalue weighted by molar-refractivity contribution is 6.03. The predicted molar refractivity (Wildman–Crippen MR) is 194 cm³/mol. The molecule has 53 heavy (non-hydrogen) atoms. The minimum Gasteiger partial charge on any atom is -0.495 e. The van der Waals surface area contributed by atoms with Crippen LogP contribution >= 0.6 is 0 Å². The minimum atomic E-state index is -4.47. The van der Waals surface area contributed by atoms with E-state index in [0.717, 1.165) is 9.47 Å². The maximum absolute atomic E-state index is 13.6. The SMILES string of the molecule is COc1cc(C(=O)N(CCOCCOCCNC(=O)OC(C)(C)C)C(=O)OC(C)(C)C)ccc1NCC#Cc1cc2c(N)cccc2n1CC(F)(F)F. The molecular weight excluding hydrogens is 699 g/mol. The number of ether oxygens (including phenoxy) is 5. The number of alkyl halides is 3. The third-order valence-electron chi connectivity index (χ3n) is 6.95. The van der Waals surface area contributed by atoms with Crippen molar-refractivity contribution in [3.63, 3.8) is 0 Å². The lowest BCUT2D eigenvalue weighted by Crippen LogP contribution is -2.42. The van der Waals surface area contributed by atoms with E-state index in [1.165, 1.54) is 25.3 Å². The number of anilines is 2. The van der Waals surface area contributed by atoms with Gasteiger partial charge in [-0.1, -0.05) is 12.0 Å². The van der Waals surface area contributed by atoms with Crippen molar-refractivity contribution in [2.45, 2.75) is 65.5 Å². The van der Waals surface area contributed by atoms with E-state index in [2.05, 4.69) is 22.5 Å². The number of imide groups is 1. The molecule has 0 saturated carbocycles. The van der Waals surface area contributed by atoms with Crippen LogP contribution in [0.4, 0.5) is 34.1 Å². The molecule has 3 aromatic rings. The molecule has 1 heterocycles. The molecule has 3 rings (SSSR count). The maximum Gasteiger partial charge on any atom is 0.417 e. The van der Waals surface area contributed by atoms with Gasteiger partial charge in [-0.05, 0) is 83.9 Å². The summed E-state index contributed by atoms with van der Waals surface area (Å²) in [5.74, 6) is 5.22. The zero-order valence-electron chi connectivity index (χ0n) is 31.1. The van der Waals surface area contributed by atoms with Crippen molar-refractivity contribution in [1.29, 1.82) is 0 Å². The molecule has 0 radical (unpaired) electrons. The van der Waals surface area contributed by atoms with E-state index >= 15 is 0 Å². The average molecular weight is 748 g/mol. The smallest absolute Gasteiger partial charge is 0.417 e. The predicted octanol–water partition coefficient (Wildman–Crippen LogP) is 6.19. The van der Waals surface area contributed by atoms with Crippen molar-refractivity contribution in [2.24, 2.45) is 0 Å². The first kappa shape index (κ1) is 42.3. The first-order valence-corrected chi connectivity index (χ1v) is 16.8. The Morgan fingerprint density at radius 1 is 0.906 bits per heavy atom. The number of nitrogen functional groups attached to an aromatic ring is 1. The molecule has 1 aromatic heterocycles. The molecule has 0 atom stereocenters. The van der Waals surface area contributed by atoms with Gasteiger partial charge in [-0.2, -0.15) is 13.2 Å². The van der Waals surface area contributed by atoms with Crippen LogP contribution in [0, 0.1) is 11.8 Å². The number of rotatable bonds is 14. The Hall–Kier alpha value is -5.14. The van der Waals surface area contributed by atoms with Gasteiger partial charge in [0.2, 0.25) is 0 Å². The molecule has 290 valence electrons. The summed E-state index contributed by atoms with van der Waals surface area (Å²) in [7, 11) is 1.40. The Balaban J connectivity index is 1.62. The second-order valence-electron chi connectivity index (χ2n) is 13.7. The number of hydrogen-bond acceptors (Lipinski definition) is 10. The molecule has 3 amide bonds. The number of nitrogens with two attached hydrogens (primary N) is 1. The van der Waals surface area contributed by atoms with Crippen molar-refractivity contribution >= 4 is 40.4 Å². The zero-order valence-corrected chi connectivity index (χ0v) is 31.1. The van der Waals surface area contributed by atoms with E-state index in [4.69, 9.17) is 29.4 Å². The fourth-order valence-corrected chi connectivity index (χ4v) is 4.77. The molecule has 0 aliphatic rings. The van der Waals surface area contributed by atoms with Crippen LogP contribution in [0.25, 0.3) is 10.9 Å². The van der Waals surface area contributed by atoms with Gasteiger partial charge < -0.3 is 44.6 Å². The van der Waals surface area contributed by atoms with Gasteiger partial charge in [0.05, 0.1) is 63.5 Å². The van der Waals surface area contributed by atoms with Crippen LogP contribution in [-0.2, 0) is 25.5 Å². The highest BCUT2D eigenvalue weighted by atomic mass is 19.4. The number of carbonyl (C=O) groups excluding carboxylic acids is 3. The number of alkyl carbamates (subject to hydrolysis) is 1. The van der Waals surface area contributed by atoms with Gasteiger partial charge in [0, 0.05) is 23.2 Å². The molecule has 0 saturated heterocycles. The van der Waals surface area contributed by atoms with E-state index in [0.29, 0.717) is 22.3 Å². The number of fused-ring (bicyclic) bond motifs is 1. The summed E-state index contributed by atoms with van der Waals surface area (Å²) < 4.78 is 68.3. The van der Waals surface area contributed by atoms with Crippen LogP contribution in [0.15, 0.2) is 42.5 Å². The first-order valence-electron chi connectivity index (χ1n) is 16.8. The number of amides is 3. The molecule has 16 heteroatoms. The minimum absolute atomic E-state index is 0.00550. The summed E-state index contributed by atoms with van der Waals surface area (Å²) >= 11 is 0. The monoisotopic (exact) mass is 747 g/mol. The number of hydrogen-bond donors (Lipinski definition) is 3. The number of carbonyl (C=O) groups is 3. The Bertz CT molecular complexity index is 1790. The molecule has 0 aliphatic carbocycles. The van der Waals surface area contributed by atoms with Crippen molar-refractivity contribution in [1.82, 2.24) is 14.8 Å². The van der Waals surface area contributed by atoms with Gasteiger partial charge >= 0.3 is 18.4 Å². The van der Waals surface area contributed by atoms with Gasteiger partial charge in [-0.25, -0.2) is 14.5 Å². The van der Waals surface area contributed by atoms with Gasteiger partial charge in [0.15, 0.2) is 0 Å². The number of benzene rings is 2. The number of nitrogens with zero attached hydrogens (tertiary/aromatic N) is 2. The van der Waals surface area contributed by atoms with E-state index in [1.54, 1.807) is 65.8 Å². The van der Waals surface area contributed by atoms with Crippen molar-refractivity contribution in [2.75, 3.05) is 64.2 Å². The topological polar surface area (TPSA) is 156 Å². The van der Waals surface area contributed by atoms with Crippen molar-refractivity contribution in [3.8, 4) is 17.6 Å². The fraction of sp³-hybridized carbons (Fsp3) is 0.486. The van der Waals surface area contributed by atoms with Crippen LogP contribution in [0.5, 0.6) is 5.75 Å². The van der Waals surface area contributed by atoms with Gasteiger partial charge in [0.1, 0.15) is 23.5 Å². The lowest BCUT2D eigenvalue weighted by atomic mass is 10.1. The number of nitrogens with one attached hydrogen (secondary N) is 2. The summed E-state index contributed by atoms with van der Waals surface area (Å²) in [5.41, 5.74) is 5.90. The quantitative estimate of drug-likeness (QED) is 0.0988. The number of halogens is 3. The molecule has 4 N–H and O–H groups in total. The van der Waals surface area contributed by atoms with E-state index in [9.17, 15) is 27.6 Å². The molecule has 0 unspecified atom stereocenters. The molecule has 0 bridgehead atoms. The van der Waals surface area contributed by atoms with Crippen LogP contribution < -0.4 is 21.1 Å². The summed E-state index contributed by atoms with van der Waals surface area (Å²) in [6.07, 6.45) is -5.88. The summed E-state index contributed by atoms with van der Waals surface area (Å²) in [5, 5.41) is 6.10. The van der Waals surface area contributed by atoms with E-state index in [1.807, 2.05) is 0 Å². The van der Waals surface area contributed by atoms with Crippen LogP contribution in [0.1, 0.15) is 57.6 Å². The Morgan fingerprint density at radius 2 is 1.58 bits per heavy atom. The van der Waals surface area contributed by atoms with Gasteiger partial charge in [-0.3, -0.25) is 4.79 Å². The van der Waals surface area contributed by atoms with Crippen LogP contribution in [0.3, 0.4) is 0 Å². The molecule has 0 spiro atoms.